The van der Waals surface area contributed by atoms with E-state index in [-0.39, 0.29) is 0 Å². The Morgan fingerprint density at radius 3 is 3.06 bits per heavy atom. The van der Waals surface area contributed by atoms with Gasteiger partial charge in [0, 0.05) is 20.3 Å². The average molecular weight is 283 g/mol. The summed E-state index contributed by atoms with van der Waals surface area (Å²) in [4.78, 5) is 1.15. The number of nitrogens with one attached hydrogen (secondary N) is 1. The third-order valence-corrected chi connectivity index (χ3v) is 3.91. The molecule has 2 heterocycles. The first-order valence-electron chi connectivity index (χ1n) is 6.01. The van der Waals surface area contributed by atoms with Crippen LogP contribution in [0.2, 0.25) is 0 Å². The van der Waals surface area contributed by atoms with Gasteiger partial charge in [-0.3, -0.25) is 9.67 Å². The third-order valence-electron chi connectivity index (χ3n) is 2.73. The molecule has 0 spiro atoms. The molecular formula is C12H17N3OS2. The Hall–Kier alpha value is -0.980. The number of hydrogen-bond acceptors (Lipinski definition) is 4. The van der Waals surface area contributed by atoms with E-state index in [0.717, 1.165) is 43.1 Å². The largest absolute Gasteiger partial charge is 0.385 e. The molecule has 0 saturated heterocycles. The predicted molar refractivity (Wildman–Crippen MR) is 76.5 cm³/mol. The summed E-state index contributed by atoms with van der Waals surface area (Å²) < 4.78 is 7.82. The molecule has 0 bridgehead atoms. The summed E-state index contributed by atoms with van der Waals surface area (Å²) >= 11 is 6.95. The van der Waals surface area contributed by atoms with Crippen molar-refractivity contribution in [1.82, 2.24) is 14.8 Å². The Morgan fingerprint density at radius 1 is 1.44 bits per heavy atom. The average Bonchev–Trinajstić information content (AvgIpc) is 2.99. The van der Waals surface area contributed by atoms with Crippen molar-refractivity contribution in [2.75, 3.05) is 13.7 Å². The normalized spacial score (nSPS) is 10.9. The quantitative estimate of drug-likeness (QED) is 0.625. The molecule has 0 radical (unpaired) electrons. The fraction of sp³-hybridized carbons (Fsp3) is 0.500. The Morgan fingerprint density at radius 2 is 2.33 bits per heavy atom. The van der Waals surface area contributed by atoms with Crippen molar-refractivity contribution in [1.29, 1.82) is 0 Å². The monoisotopic (exact) mass is 283 g/mol. The molecule has 0 aliphatic rings. The number of aromatic nitrogens is 3. The molecule has 0 aliphatic heterocycles. The summed E-state index contributed by atoms with van der Waals surface area (Å²) in [6.45, 7) is 1.74. The lowest BCUT2D eigenvalue weighted by atomic mass is 10.2. The molecule has 0 amide bonds. The first-order valence-corrected chi connectivity index (χ1v) is 7.29. The van der Waals surface area contributed by atoms with E-state index in [0.29, 0.717) is 4.77 Å². The molecule has 0 saturated carbocycles. The van der Waals surface area contributed by atoms with Gasteiger partial charge in [0.1, 0.15) is 0 Å². The van der Waals surface area contributed by atoms with Crippen LogP contribution in [-0.2, 0) is 11.3 Å². The first kappa shape index (κ1) is 13.5. The van der Waals surface area contributed by atoms with Gasteiger partial charge in [-0.05, 0) is 42.9 Å². The zero-order valence-electron chi connectivity index (χ0n) is 10.4. The summed E-state index contributed by atoms with van der Waals surface area (Å²) in [6, 6.07) is 4.09. The number of methoxy groups -OCH3 is 1. The Bertz CT molecular complexity index is 516. The SMILES string of the molecule is COCCCCCn1c(-c2cccs2)n[nH]c1=S. The molecular weight excluding hydrogens is 266 g/mol. The first-order chi connectivity index (χ1) is 8.83. The highest BCUT2D eigenvalue weighted by Crippen LogP contribution is 2.23. The molecule has 1 N–H and O–H groups in total. The minimum Gasteiger partial charge on any atom is -0.385 e. The summed E-state index contributed by atoms with van der Waals surface area (Å²) in [5.41, 5.74) is 0. The molecule has 18 heavy (non-hydrogen) atoms. The number of aromatic amines is 1. The van der Waals surface area contributed by atoms with E-state index in [9.17, 15) is 0 Å². The standard InChI is InChI=1S/C12H17N3OS2/c1-16-8-4-2-3-7-15-11(13-14-12(15)17)10-6-5-9-18-10/h5-6,9H,2-4,7-8H2,1H3,(H,14,17). The molecule has 0 atom stereocenters. The van der Waals surface area contributed by atoms with Gasteiger partial charge < -0.3 is 4.74 Å². The van der Waals surface area contributed by atoms with Gasteiger partial charge >= 0.3 is 0 Å². The molecule has 2 rings (SSSR count). The van der Waals surface area contributed by atoms with E-state index in [4.69, 9.17) is 17.0 Å². The maximum absolute atomic E-state index is 5.27. The number of thiophene rings is 1. The van der Waals surface area contributed by atoms with Crippen molar-refractivity contribution in [3.8, 4) is 10.7 Å². The summed E-state index contributed by atoms with van der Waals surface area (Å²) in [5, 5.41) is 9.23. The van der Waals surface area contributed by atoms with Crippen LogP contribution in [0.25, 0.3) is 10.7 Å². The van der Waals surface area contributed by atoms with Gasteiger partial charge in [-0.25, -0.2) is 0 Å². The van der Waals surface area contributed by atoms with Crippen molar-refractivity contribution in [3.05, 3.63) is 22.3 Å². The number of nitrogens with zero attached hydrogens (tertiary/aromatic N) is 2. The van der Waals surface area contributed by atoms with Gasteiger partial charge in [0.25, 0.3) is 0 Å². The van der Waals surface area contributed by atoms with E-state index in [1.165, 1.54) is 0 Å². The highest BCUT2D eigenvalue weighted by atomic mass is 32.1. The molecule has 2 aromatic heterocycles. The van der Waals surface area contributed by atoms with Crippen molar-refractivity contribution >= 4 is 23.6 Å². The lowest BCUT2D eigenvalue weighted by molar-refractivity contribution is 0.191. The molecule has 4 nitrogen and oxygen atoms in total. The van der Waals surface area contributed by atoms with Crippen LogP contribution in [0.3, 0.4) is 0 Å². The molecule has 0 aromatic carbocycles. The van der Waals surface area contributed by atoms with Gasteiger partial charge in [0.2, 0.25) is 0 Å². The zero-order chi connectivity index (χ0) is 12.8. The minimum atomic E-state index is 0.699. The van der Waals surface area contributed by atoms with Crippen LogP contribution in [-0.4, -0.2) is 28.5 Å². The maximum atomic E-state index is 5.27. The van der Waals surface area contributed by atoms with E-state index < -0.39 is 0 Å². The van der Waals surface area contributed by atoms with E-state index in [1.54, 1.807) is 18.4 Å². The third kappa shape index (κ3) is 3.28. The van der Waals surface area contributed by atoms with E-state index in [2.05, 4.69) is 26.2 Å². The van der Waals surface area contributed by atoms with Crippen molar-refractivity contribution < 1.29 is 4.74 Å². The van der Waals surface area contributed by atoms with Gasteiger partial charge in [-0.1, -0.05) is 6.07 Å². The summed E-state index contributed by atoms with van der Waals surface area (Å²) in [7, 11) is 1.74. The van der Waals surface area contributed by atoms with Crippen molar-refractivity contribution in [3.63, 3.8) is 0 Å². The molecule has 0 fully saturated rings. The van der Waals surface area contributed by atoms with Gasteiger partial charge in [-0.15, -0.1) is 11.3 Å². The molecule has 0 unspecified atom stereocenters. The van der Waals surface area contributed by atoms with Crippen LogP contribution < -0.4 is 0 Å². The van der Waals surface area contributed by atoms with Crippen LogP contribution in [0, 0.1) is 4.77 Å². The predicted octanol–water partition coefficient (Wildman–Crippen LogP) is 3.49. The zero-order valence-corrected chi connectivity index (χ0v) is 12.0. The van der Waals surface area contributed by atoms with Crippen LogP contribution in [0.5, 0.6) is 0 Å². The second kappa shape index (κ2) is 6.82. The highest BCUT2D eigenvalue weighted by Gasteiger charge is 2.08. The molecule has 6 heteroatoms. The minimum absolute atomic E-state index is 0.699. The van der Waals surface area contributed by atoms with Gasteiger partial charge in [-0.2, -0.15) is 5.10 Å². The second-order valence-electron chi connectivity index (χ2n) is 4.03. The highest BCUT2D eigenvalue weighted by molar-refractivity contribution is 7.71. The molecule has 98 valence electrons. The lowest BCUT2D eigenvalue weighted by Gasteiger charge is -2.05. The Labute approximate surface area is 116 Å². The van der Waals surface area contributed by atoms with E-state index >= 15 is 0 Å². The summed E-state index contributed by atoms with van der Waals surface area (Å²) in [5.74, 6) is 0.946. The van der Waals surface area contributed by atoms with Crippen LogP contribution in [0.1, 0.15) is 19.3 Å². The lowest BCUT2D eigenvalue weighted by Crippen LogP contribution is -2.01. The van der Waals surface area contributed by atoms with Gasteiger partial charge in [0.05, 0.1) is 4.88 Å². The van der Waals surface area contributed by atoms with Crippen molar-refractivity contribution in [2.24, 2.45) is 0 Å². The van der Waals surface area contributed by atoms with Crippen molar-refractivity contribution in [2.45, 2.75) is 25.8 Å². The number of rotatable bonds is 7. The van der Waals surface area contributed by atoms with Gasteiger partial charge in [0.15, 0.2) is 10.6 Å². The number of hydrogen-bond donors (Lipinski definition) is 1. The number of unbranched alkanes of at least 4 members (excludes halogenated alkanes) is 2. The Kier molecular flexibility index (Phi) is 5.10. The smallest absolute Gasteiger partial charge is 0.195 e. The van der Waals surface area contributed by atoms with Crippen LogP contribution in [0.4, 0.5) is 0 Å². The molecule has 0 aliphatic carbocycles. The molecule has 2 aromatic rings. The maximum Gasteiger partial charge on any atom is 0.195 e. The topological polar surface area (TPSA) is 42.8 Å². The van der Waals surface area contributed by atoms with Crippen LogP contribution in [0.15, 0.2) is 17.5 Å². The number of ether oxygens (including phenoxy) is 1. The van der Waals surface area contributed by atoms with Crippen LogP contribution >= 0.6 is 23.6 Å². The van der Waals surface area contributed by atoms with E-state index in [1.807, 2.05) is 6.07 Å². The fourth-order valence-electron chi connectivity index (χ4n) is 1.81. The summed E-state index contributed by atoms with van der Waals surface area (Å²) in [6.07, 6.45) is 3.33. The fourth-order valence-corrected chi connectivity index (χ4v) is 2.76. The Balaban J connectivity index is 2.00. The second-order valence-corrected chi connectivity index (χ2v) is 5.37. The number of H-pyrrole nitrogens is 1.